The van der Waals surface area contributed by atoms with Gasteiger partial charge in [0.25, 0.3) is 0 Å². The summed E-state index contributed by atoms with van der Waals surface area (Å²) in [6, 6.07) is 9.77. The monoisotopic (exact) mass is 346 g/mol. The van der Waals surface area contributed by atoms with Crippen LogP contribution < -0.4 is 4.74 Å². The average molecular weight is 347 g/mol. The maximum Gasteiger partial charge on any atom is 0.200 e. The van der Waals surface area contributed by atoms with Gasteiger partial charge in [-0.05, 0) is 62.6 Å². The van der Waals surface area contributed by atoms with E-state index in [1.165, 1.54) is 0 Å². The van der Waals surface area contributed by atoms with Gasteiger partial charge in [0.15, 0.2) is 12.4 Å². The second-order valence-electron chi connectivity index (χ2n) is 5.40. The van der Waals surface area contributed by atoms with E-state index in [-0.39, 0.29) is 12.4 Å². The highest BCUT2D eigenvalue weighted by Crippen LogP contribution is 2.26. The number of ether oxygens (including phenoxy) is 1. The fraction of sp³-hybridized carbons (Fsp3) is 0.278. The Morgan fingerprint density at radius 1 is 1.00 bits per heavy atom. The quantitative estimate of drug-likeness (QED) is 0.732. The first-order valence-electron chi connectivity index (χ1n) is 6.88. The molecule has 110 valence electrons. The zero-order chi connectivity index (χ0) is 15.6. The van der Waals surface area contributed by atoms with Gasteiger partial charge in [-0.15, -0.1) is 0 Å². The summed E-state index contributed by atoms with van der Waals surface area (Å²) in [7, 11) is 0. The SMILES string of the molecule is Cc1ccc(C)c(C(=O)COc2cc(C)c(Br)c(C)c2)c1. The van der Waals surface area contributed by atoms with Crippen LogP contribution in [0.15, 0.2) is 34.8 Å². The molecule has 2 aromatic rings. The fourth-order valence-electron chi connectivity index (χ4n) is 2.25. The second-order valence-corrected chi connectivity index (χ2v) is 6.19. The molecule has 0 heterocycles. The van der Waals surface area contributed by atoms with E-state index in [0.717, 1.165) is 38.0 Å². The van der Waals surface area contributed by atoms with Crippen molar-refractivity contribution in [3.8, 4) is 5.75 Å². The van der Waals surface area contributed by atoms with E-state index in [9.17, 15) is 4.79 Å². The van der Waals surface area contributed by atoms with Crippen LogP contribution in [0.2, 0.25) is 0 Å². The van der Waals surface area contributed by atoms with Crippen molar-refractivity contribution in [2.24, 2.45) is 0 Å². The Labute approximate surface area is 134 Å². The lowest BCUT2D eigenvalue weighted by atomic mass is 10.0. The Hall–Kier alpha value is -1.61. The minimum atomic E-state index is 0.00873. The van der Waals surface area contributed by atoms with Gasteiger partial charge in [-0.1, -0.05) is 33.6 Å². The van der Waals surface area contributed by atoms with E-state index in [1.54, 1.807) is 0 Å². The van der Waals surface area contributed by atoms with Gasteiger partial charge in [0, 0.05) is 10.0 Å². The Balaban J connectivity index is 2.13. The van der Waals surface area contributed by atoms with Crippen LogP contribution in [0.3, 0.4) is 0 Å². The molecule has 0 saturated heterocycles. The first-order chi connectivity index (χ1) is 9.88. The normalized spacial score (nSPS) is 10.5. The van der Waals surface area contributed by atoms with Crippen molar-refractivity contribution < 1.29 is 9.53 Å². The lowest BCUT2D eigenvalue weighted by Crippen LogP contribution is -2.13. The van der Waals surface area contributed by atoms with Gasteiger partial charge in [0.2, 0.25) is 0 Å². The van der Waals surface area contributed by atoms with Gasteiger partial charge < -0.3 is 4.74 Å². The Bertz CT molecular complexity index is 667. The average Bonchev–Trinajstić information content (AvgIpc) is 2.44. The smallest absolute Gasteiger partial charge is 0.200 e. The van der Waals surface area contributed by atoms with Crippen LogP contribution in [-0.2, 0) is 0 Å². The van der Waals surface area contributed by atoms with Crippen LogP contribution in [-0.4, -0.2) is 12.4 Å². The van der Waals surface area contributed by atoms with Crippen LogP contribution in [0, 0.1) is 27.7 Å². The topological polar surface area (TPSA) is 26.3 Å². The molecule has 21 heavy (non-hydrogen) atoms. The molecule has 0 spiro atoms. The molecule has 0 bridgehead atoms. The predicted octanol–water partition coefficient (Wildman–Crippen LogP) is 4.94. The molecule has 0 atom stereocenters. The number of carbonyl (C=O) groups is 1. The zero-order valence-corrected chi connectivity index (χ0v) is 14.4. The maximum atomic E-state index is 12.3. The molecule has 2 rings (SSSR count). The highest BCUT2D eigenvalue weighted by molar-refractivity contribution is 9.10. The molecule has 0 aliphatic rings. The van der Waals surface area contributed by atoms with Crippen molar-refractivity contribution >= 4 is 21.7 Å². The van der Waals surface area contributed by atoms with Crippen LogP contribution in [0.4, 0.5) is 0 Å². The van der Waals surface area contributed by atoms with Gasteiger partial charge in [0.1, 0.15) is 5.75 Å². The third kappa shape index (κ3) is 3.73. The van der Waals surface area contributed by atoms with Crippen molar-refractivity contribution in [3.63, 3.8) is 0 Å². The summed E-state index contributed by atoms with van der Waals surface area (Å²) < 4.78 is 6.74. The molecule has 0 N–H and O–H groups in total. The van der Waals surface area contributed by atoms with Crippen LogP contribution in [0.5, 0.6) is 5.75 Å². The number of aryl methyl sites for hydroxylation is 4. The number of rotatable bonds is 4. The van der Waals surface area contributed by atoms with E-state index in [1.807, 2.05) is 58.0 Å². The second kappa shape index (κ2) is 6.44. The summed E-state index contributed by atoms with van der Waals surface area (Å²) in [5.74, 6) is 0.737. The minimum Gasteiger partial charge on any atom is -0.485 e. The molecule has 0 aliphatic carbocycles. The molecule has 0 saturated carbocycles. The molecule has 0 aliphatic heterocycles. The lowest BCUT2D eigenvalue weighted by molar-refractivity contribution is 0.0920. The summed E-state index contributed by atoms with van der Waals surface area (Å²) >= 11 is 3.53. The maximum absolute atomic E-state index is 12.3. The standard InChI is InChI=1S/C18H19BrO2/c1-11-5-6-12(2)16(7-11)17(20)10-21-15-8-13(3)18(19)14(4)9-15/h5-9H,10H2,1-4H3. The number of carbonyl (C=O) groups excluding carboxylic acids is 1. The van der Waals surface area contributed by atoms with Gasteiger partial charge in [-0.2, -0.15) is 0 Å². The lowest BCUT2D eigenvalue weighted by Gasteiger charge is -2.11. The Kier molecular flexibility index (Phi) is 4.84. The number of ketones is 1. The Morgan fingerprint density at radius 3 is 2.24 bits per heavy atom. The van der Waals surface area contributed by atoms with Crippen molar-refractivity contribution in [3.05, 3.63) is 62.6 Å². The number of hydrogen-bond donors (Lipinski definition) is 0. The predicted molar refractivity (Wildman–Crippen MR) is 89.4 cm³/mol. The molecule has 2 aromatic carbocycles. The third-order valence-corrected chi connectivity index (χ3v) is 4.72. The van der Waals surface area contributed by atoms with Gasteiger partial charge >= 0.3 is 0 Å². The molecule has 0 unspecified atom stereocenters. The van der Waals surface area contributed by atoms with Crippen LogP contribution in [0.1, 0.15) is 32.6 Å². The molecular weight excluding hydrogens is 328 g/mol. The van der Waals surface area contributed by atoms with Crippen molar-refractivity contribution in [1.82, 2.24) is 0 Å². The van der Waals surface area contributed by atoms with E-state index >= 15 is 0 Å². The van der Waals surface area contributed by atoms with E-state index in [2.05, 4.69) is 15.9 Å². The molecule has 2 nitrogen and oxygen atoms in total. The zero-order valence-electron chi connectivity index (χ0n) is 12.8. The largest absolute Gasteiger partial charge is 0.485 e. The van der Waals surface area contributed by atoms with E-state index in [0.29, 0.717) is 0 Å². The number of Topliss-reactive ketones (excluding diaryl/α,β-unsaturated/α-hetero) is 1. The molecule has 0 radical (unpaired) electrons. The minimum absolute atomic E-state index is 0.00873. The molecule has 3 heteroatoms. The van der Waals surface area contributed by atoms with Crippen LogP contribution >= 0.6 is 15.9 Å². The summed E-state index contributed by atoms with van der Waals surface area (Å²) in [4.78, 5) is 12.3. The summed E-state index contributed by atoms with van der Waals surface area (Å²) in [5, 5.41) is 0. The highest BCUT2D eigenvalue weighted by atomic mass is 79.9. The third-order valence-electron chi connectivity index (χ3n) is 3.47. The van der Waals surface area contributed by atoms with E-state index < -0.39 is 0 Å². The number of halogens is 1. The number of hydrogen-bond acceptors (Lipinski definition) is 2. The van der Waals surface area contributed by atoms with Crippen molar-refractivity contribution in [2.45, 2.75) is 27.7 Å². The van der Waals surface area contributed by atoms with Gasteiger partial charge in [-0.3, -0.25) is 4.79 Å². The summed E-state index contributed by atoms with van der Waals surface area (Å²) in [5.41, 5.74) is 5.01. The first kappa shape index (κ1) is 15.8. The summed E-state index contributed by atoms with van der Waals surface area (Å²) in [6.07, 6.45) is 0. The molecule has 0 aromatic heterocycles. The summed E-state index contributed by atoms with van der Waals surface area (Å²) in [6.45, 7) is 8.01. The molecule has 0 amide bonds. The van der Waals surface area contributed by atoms with Crippen LogP contribution in [0.25, 0.3) is 0 Å². The first-order valence-corrected chi connectivity index (χ1v) is 7.68. The van der Waals surface area contributed by atoms with Crippen molar-refractivity contribution in [1.29, 1.82) is 0 Å². The van der Waals surface area contributed by atoms with E-state index in [4.69, 9.17) is 4.74 Å². The number of benzene rings is 2. The fourth-order valence-corrected chi connectivity index (χ4v) is 2.48. The molecular formula is C18H19BrO2. The molecule has 0 fully saturated rings. The highest BCUT2D eigenvalue weighted by Gasteiger charge is 2.11. The van der Waals surface area contributed by atoms with Crippen molar-refractivity contribution in [2.75, 3.05) is 6.61 Å². The van der Waals surface area contributed by atoms with Gasteiger partial charge in [0.05, 0.1) is 0 Å². The Morgan fingerprint density at radius 2 is 1.62 bits per heavy atom. The van der Waals surface area contributed by atoms with Gasteiger partial charge in [-0.25, -0.2) is 0 Å².